The van der Waals surface area contributed by atoms with E-state index in [4.69, 9.17) is 0 Å². The van der Waals surface area contributed by atoms with Gasteiger partial charge in [0, 0.05) is 6.42 Å². The third-order valence-corrected chi connectivity index (χ3v) is 0.867. The van der Waals surface area contributed by atoms with E-state index in [1.54, 1.807) is 0 Å². The van der Waals surface area contributed by atoms with Crippen molar-refractivity contribution in [3.05, 3.63) is 0 Å². The first-order valence-electron chi connectivity index (χ1n) is 2.27. The molecule has 0 unspecified atom stereocenters. The van der Waals surface area contributed by atoms with Gasteiger partial charge in [0.15, 0.2) is 5.78 Å². The molecule has 0 N–H and O–H groups in total. The third-order valence-electron chi connectivity index (χ3n) is 0.867. The van der Waals surface area contributed by atoms with Crippen molar-refractivity contribution >= 4 is 5.78 Å². The summed E-state index contributed by atoms with van der Waals surface area (Å²) in [6.07, 6.45) is 0.280. The molecule has 0 amide bonds. The number of Topliss-reactive ketones (excluding diaryl/α,β-unsaturated/α-hetero) is 1. The summed E-state index contributed by atoms with van der Waals surface area (Å²) in [6, 6.07) is 0. The summed E-state index contributed by atoms with van der Waals surface area (Å²) in [5.41, 5.74) is 0. The minimum atomic E-state index is -0.273. The van der Waals surface area contributed by atoms with Crippen molar-refractivity contribution in [3.63, 3.8) is 0 Å². The van der Waals surface area contributed by atoms with Crippen LogP contribution in [0.3, 0.4) is 0 Å². The maximum atomic E-state index is 10.4. The van der Waals surface area contributed by atoms with Crippen LogP contribution in [0.4, 0.5) is 0 Å². The van der Waals surface area contributed by atoms with Crippen molar-refractivity contribution in [2.24, 2.45) is 10.2 Å². The molecule has 0 aromatic rings. The number of nitrogens with zero attached hydrogens (tertiary/aromatic N) is 2. The van der Waals surface area contributed by atoms with E-state index in [2.05, 4.69) is 10.2 Å². The van der Waals surface area contributed by atoms with Crippen LogP contribution in [-0.2, 0) is 4.79 Å². The van der Waals surface area contributed by atoms with Gasteiger partial charge in [0.2, 0.25) is 6.17 Å². The fraction of sp³-hybridized carbons (Fsp3) is 0.750. The molecule has 7 heavy (non-hydrogen) atoms. The van der Waals surface area contributed by atoms with Gasteiger partial charge in [0.05, 0.1) is 0 Å². The summed E-state index contributed by atoms with van der Waals surface area (Å²) in [7, 11) is 0. The molecule has 38 valence electrons. The Hall–Kier alpha value is -0.730. The normalized spacial score (nSPS) is 17.3. The van der Waals surface area contributed by atoms with Crippen molar-refractivity contribution in [3.8, 4) is 0 Å². The molecule has 0 fully saturated rings. The van der Waals surface area contributed by atoms with Gasteiger partial charge in [-0.1, -0.05) is 6.92 Å². The maximum absolute atomic E-state index is 10.4. The molecule has 3 nitrogen and oxygen atoms in total. The van der Waals surface area contributed by atoms with Crippen molar-refractivity contribution < 1.29 is 4.79 Å². The number of hydrogen-bond donors (Lipinski definition) is 0. The Labute approximate surface area is 41.4 Å². The second kappa shape index (κ2) is 1.40. The average molecular weight is 98.1 g/mol. The van der Waals surface area contributed by atoms with Crippen molar-refractivity contribution in [2.45, 2.75) is 19.5 Å². The van der Waals surface area contributed by atoms with Gasteiger partial charge in [-0.25, -0.2) is 0 Å². The zero-order valence-electron chi connectivity index (χ0n) is 4.09. The number of hydrogen-bond acceptors (Lipinski definition) is 3. The van der Waals surface area contributed by atoms with E-state index >= 15 is 0 Å². The van der Waals surface area contributed by atoms with Gasteiger partial charge >= 0.3 is 0 Å². The highest BCUT2D eigenvalue weighted by molar-refractivity contribution is 5.84. The Morgan fingerprint density at radius 1 is 1.71 bits per heavy atom. The first-order valence-corrected chi connectivity index (χ1v) is 2.27. The molecule has 1 rings (SSSR count). The molecule has 1 heterocycles. The van der Waals surface area contributed by atoms with E-state index in [9.17, 15) is 4.79 Å². The van der Waals surface area contributed by atoms with Gasteiger partial charge in [-0.05, 0) is 0 Å². The van der Waals surface area contributed by atoms with Crippen LogP contribution < -0.4 is 0 Å². The summed E-state index contributed by atoms with van der Waals surface area (Å²) in [6.45, 7) is 1.81. The van der Waals surface area contributed by atoms with Crippen LogP contribution in [-0.4, -0.2) is 11.9 Å². The number of carbonyl (C=O) groups is 1. The molecule has 0 spiro atoms. The summed E-state index contributed by atoms with van der Waals surface area (Å²) in [4.78, 5) is 10.4. The topological polar surface area (TPSA) is 41.8 Å². The fourth-order valence-corrected chi connectivity index (χ4v) is 0.345. The quantitative estimate of drug-likeness (QED) is 0.502. The molecule has 0 bridgehead atoms. The standard InChI is InChI=1S/C4H6N2O/c1-2-3(7)4-5-6-4/h4H,2H2,1H3. The highest BCUT2D eigenvalue weighted by atomic mass is 16.1. The first-order chi connectivity index (χ1) is 3.34. The Bertz CT molecular complexity index is 113. The Morgan fingerprint density at radius 3 is 2.43 bits per heavy atom. The SMILES string of the molecule is CCC(=O)C1N=N1. The Morgan fingerprint density at radius 2 is 2.29 bits per heavy atom. The van der Waals surface area contributed by atoms with E-state index in [-0.39, 0.29) is 11.9 Å². The zero-order valence-corrected chi connectivity index (χ0v) is 4.09. The lowest BCUT2D eigenvalue weighted by molar-refractivity contribution is -0.118. The smallest absolute Gasteiger partial charge is 0.238 e. The lowest BCUT2D eigenvalue weighted by Crippen LogP contribution is -2.02. The molecule has 0 saturated carbocycles. The summed E-state index contributed by atoms with van der Waals surface area (Å²) >= 11 is 0. The number of carbonyl (C=O) groups excluding carboxylic acids is 1. The lowest BCUT2D eigenvalue weighted by Gasteiger charge is -1.80. The van der Waals surface area contributed by atoms with Crippen LogP contribution in [0.2, 0.25) is 0 Å². The summed E-state index contributed by atoms with van der Waals surface area (Å²) in [5, 5.41) is 6.90. The van der Waals surface area contributed by atoms with Crippen LogP contribution >= 0.6 is 0 Å². The zero-order chi connectivity index (χ0) is 5.28. The molecule has 0 aliphatic carbocycles. The Kier molecular flexibility index (Phi) is 0.889. The second-order valence-corrected chi connectivity index (χ2v) is 1.42. The van der Waals surface area contributed by atoms with E-state index in [0.717, 1.165) is 0 Å². The molecule has 0 atom stereocenters. The van der Waals surface area contributed by atoms with Crippen LogP contribution in [0.1, 0.15) is 13.3 Å². The van der Waals surface area contributed by atoms with Gasteiger partial charge in [0.25, 0.3) is 0 Å². The van der Waals surface area contributed by atoms with E-state index < -0.39 is 0 Å². The maximum Gasteiger partial charge on any atom is 0.238 e. The van der Waals surface area contributed by atoms with Gasteiger partial charge < -0.3 is 0 Å². The second-order valence-electron chi connectivity index (χ2n) is 1.42. The molecular formula is C4H6N2O. The lowest BCUT2D eigenvalue weighted by atomic mass is 10.3. The van der Waals surface area contributed by atoms with E-state index in [0.29, 0.717) is 6.42 Å². The molecule has 0 saturated heterocycles. The fourth-order valence-electron chi connectivity index (χ4n) is 0.345. The Balaban J connectivity index is 2.26. The average Bonchev–Trinajstić information content (AvgIpc) is 2.44. The summed E-state index contributed by atoms with van der Waals surface area (Å²) in [5.74, 6) is 0.125. The van der Waals surface area contributed by atoms with Gasteiger partial charge in [-0.3, -0.25) is 4.79 Å². The van der Waals surface area contributed by atoms with Crippen molar-refractivity contribution in [2.75, 3.05) is 0 Å². The summed E-state index contributed by atoms with van der Waals surface area (Å²) < 4.78 is 0. The van der Waals surface area contributed by atoms with Gasteiger partial charge in [-0.15, -0.1) is 0 Å². The first kappa shape index (κ1) is 4.43. The van der Waals surface area contributed by atoms with Gasteiger partial charge in [-0.2, -0.15) is 10.2 Å². The van der Waals surface area contributed by atoms with Crippen LogP contribution in [0.25, 0.3) is 0 Å². The van der Waals surface area contributed by atoms with E-state index in [1.165, 1.54) is 0 Å². The molecule has 3 heteroatoms. The molecule has 1 aliphatic rings. The minimum absolute atomic E-state index is 0.125. The molecule has 0 radical (unpaired) electrons. The van der Waals surface area contributed by atoms with E-state index in [1.807, 2.05) is 6.92 Å². The van der Waals surface area contributed by atoms with Gasteiger partial charge in [0.1, 0.15) is 0 Å². The molecule has 1 aliphatic heterocycles. The molecule has 0 aromatic carbocycles. The largest absolute Gasteiger partial charge is 0.295 e. The predicted octanol–water partition coefficient (Wildman–Crippen LogP) is 0.757. The highest BCUT2D eigenvalue weighted by Gasteiger charge is 2.22. The van der Waals surface area contributed by atoms with Crippen molar-refractivity contribution in [1.82, 2.24) is 0 Å². The number of ketones is 1. The monoisotopic (exact) mass is 98.0 g/mol. The van der Waals surface area contributed by atoms with Crippen molar-refractivity contribution in [1.29, 1.82) is 0 Å². The number of rotatable bonds is 2. The van der Waals surface area contributed by atoms with Crippen LogP contribution in [0, 0.1) is 0 Å². The predicted molar refractivity (Wildman–Crippen MR) is 23.9 cm³/mol. The highest BCUT2D eigenvalue weighted by Crippen LogP contribution is 2.11. The minimum Gasteiger partial charge on any atom is -0.295 e. The molecular weight excluding hydrogens is 92.1 g/mol. The molecule has 0 aromatic heterocycles. The van der Waals surface area contributed by atoms with Crippen LogP contribution in [0.5, 0.6) is 0 Å². The third kappa shape index (κ3) is 0.824. The van der Waals surface area contributed by atoms with Crippen LogP contribution in [0.15, 0.2) is 10.2 Å².